The fourth-order valence-electron chi connectivity index (χ4n) is 2.82. The number of rotatable bonds is 7. The molecular formula is C21H20ClFN2OS. The average Bonchev–Trinajstić information content (AvgIpc) is 3.20. The Morgan fingerprint density at radius 2 is 1.85 bits per heavy atom. The van der Waals surface area contributed by atoms with Gasteiger partial charge in [0.05, 0.1) is 12.6 Å². The van der Waals surface area contributed by atoms with Crippen molar-refractivity contribution in [3.05, 3.63) is 92.9 Å². The van der Waals surface area contributed by atoms with Gasteiger partial charge in [-0.15, -0.1) is 11.3 Å². The lowest BCUT2D eigenvalue weighted by molar-refractivity contribution is -0.120. The Balaban J connectivity index is 1.66. The number of thiophene rings is 1. The Kier molecular flexibility index (Phi) is 6.61. The van der Waals surface area contributed by atoms with Gasteiger partial charge in [-0.05, 0) is 47.7 Å². The van der Waals surface area contributed by atoms with Crippen molar-refractivity contribution >= 4 is 28.8 Å². The second-order valence-electron chi connectivity index (χ2n) is 6.19. The maximum atomic E-state index is 13.3. The molecule has 3 aromatic rings. The van der Waals surface area contributed by atoms with Crippen LogP contribution >= 0.6 is 22.9 Å². The quantitative estimate of drug-likeness (QED) is 0.577. The molecule has 2 atom stereocenters. The van der Waals surface area contributed by atoms with Crippen LogP contribution in [0, 0.1) is 5.82 Å². The van der Waals surface area contributed by atoms with E-state index in [4.69, 9.17) is 11.6 Å². The molecule has 0 fully saturated rings. The first kappa shape index (κ1) is 19.5. The molecule has 0 unspecified atom stereocenters. The first-order valence-corrected chi connectivity index (χ1v) is 9.86. The van der Waals surface area contributed by atoms with E-state index in [9.17, 15) is 9.18 Å². The molecule has 1 heterocycles. The molecule has 3 nitrogen and oxygen atoms in total. The zero-order valence-corrected chi connectivity index (χ0v) is 16.4. The zero-order chi connectivity index (χ0) is 19.2. The summed E-state index contributed by atoms with van der Waals surface area (Å²) in [6, 6.07) is 17.3. The van der Waals surface area contributed by atoms with Crippen molar-refractivity contribution in [3.63, 3.8) is 0 Å². The van der Waals surface area contributed by atoms with E-state index in [0.717, 1.165) is 16.0 Å². The van der Waals surface area contributed by atoms with Crippen molar-refractivity contribution in [1.82, 2.24) is 10.6 Å². The van der Waals surface area contributed by atoms with Crippen molar-refractivity contribution < 1.29 is 9.18 Å². The SMILES string of the molecule is C[C@@H](NCC(=O)N[C@H](c1ccc(F)cc1)c1cccs1)c1ccccc1Cl. The molecule has 0 spiro atoms. The lowest BCUT2D eigenvalue weighted by Crippen LogP contribution is -2.37. The molecule has 0 bridgehead atoms. The van der Waals surface area contributed by atoms with Crippen LogP contribution in [0.2, 0.25) is 5.02 Å². The predicted molar refractivity (Wildman–Crippen MR) is 109 cm³/mol. The number of halogens is 2. The summed E-state index contributed by atoms with van der Waals surface area (Å²) >= 11 is 7.76. The molecule has 0 aliphatic carbocycles. The second kappa shape index (κ2) is 9.13. The highest BCUT2D eigenvalue weighted by molar-refractivity contribution is 7.10. The van der Waals surface area contributed by atoms with E-state index in [1.165, 1.54) is 12.1 Å². The molecule has 3 rings (SSSR count). The van der Waals surface area contributed by atoms with Crippen LogP contribution in [0.3, 0.4) is 0 Å². The van der Waals surface area contributed by atoms with Gasteiger partial charge in [0, 0.05) is 15.9 Å². The smallest absolute Gasteiger partial charge is 0.234 e. The van der Waals surface area contributed by atoms with Crippen LogP contribution in [-0.2, 0) is 4.79 Å². The molecule has 0 aliphatic rings. The molecule has 6 heteroatoms. The van der Waals surface area contributed by atoms with Gasteiger partial charge in [0.1, 0.15) is 5.82 Å². The van der Waals surface area contributed by atoms with Crippen LogP contribution in [0.1, 0.15) is 35.0 Å². The Morgan fingerprint density at radius 3 is 2.52 bits per heavy atom. The number of carbonyl (C=O) groups excluding carboxylic acids is 1. The van der Waals surface area contributed by atoms with Crippen LogP contribution < -0.4 is 10.6 Å². The molecule has 27 heavy (non-hydrogen) atoms. The van der Waals surface area contributed by atoms with Gasteiger partial charge in [-0.1, -0.05) is 48.0 Å². The Hall–Kier alpha value is -2.21. The van der Waals surface area contributed by atoms with E-state index in [1.54, 1.807) is 23.5 Å². The largest absolute Gasteiger partial charge is 0.343 e. The van der Waals surface area contributed by atoms with E-state index in [-0.39, 0.29) is 30.4 Å². The van der Waals surface area contributed by atoms with E-state index in [0.29, 0.717) is 5.02 Å². The summed E-state index contributed by atoms with van der Waals surface area (Å²) in [6.45, 7) is 2.11. The van der Waals surface area contributed by atoms with Crippen LogP contribution in [0.4, 0.5) is 4.39 Å². The third-order valence-corrected chi connectivity index (χ3v) is 5.56. The molecule has 1 aromatic heterocycles. The molecule has 140 valence electrons. The Labute approximate surface area is 167 Å². The Morgan fingerprint density at radius 1 is 1.11 bits per heavy atom. The third-order valence-electron chi connectivity index (χ3n) is 4.28. The highest BCUT2D eigenvalue weighted by Crippen LogP contribution is 2.26. The lowest BCUT2D eigenvalue weighted by atomic mass is 10.1. The highest BCUT2D eigenvalue weighted by Gasteiger charge is 2.18. The van der Waals surface area contributed by atoms with E-state index in [1.807, 2.05) is 48.7 Å². The van der Waals surface area contributed by atoms with Crippen LogP contribution in [0.5, 0.6) is 0 Å². The van der Waals surface area contributed by atoms with Gasteiger partial charge in [-0.3, -0.25) is 4.79 Å². The zero-order valence-electron chi connectivity index (χ0n) is 14.8. The average molecular weight is 403 g/mol. The fraction of sp³-hybridized carbons (Fsp3) is 0.190. The molecule has 0 radical (unpaired) electrons. The van der Waals surface area contributed by atoms with Gasteiger partial charge in [-0.2, -0.15) is 0 Å². The summed E-state index contributed by atoms with van der Waals surface area (Å²) in [6.07, 6.45) is 0. The molecule has 0 saturated carbocycles. The molecule has 0 aliphatic heterocycles. The van der Waals surface area contributed by atoms with Crippen LogP contribution in [0.15, 0.2) is 66.0 Å². The van der Waals surface area contributed by atoms with Crippen LogP contribution in [0.25, 0.3) is 0 Å². The standard InChI is InChI=1S/C21H20ClFN2OS/c1-14(17-5-2-3-6-18(17)22)24-13-20(26)25-21(19-7-4-12-27-19)15-8-10-16(23)11-9-15/h2-12,14,21,24H,13H2,1H3,(H,25,26)/t14-,21-/m1/s1. The molecule has 0 saturated heterocycles. The van der Waals surface area contributed by atoms with Crippen molar-refractivity contribution in [2.24, 2.45) is 0 Å². The van der Waals surface area contributed by atoms with E-state index in [2.05, 4.69) is 10.6 Å². The summed E-state index contributed by atoms with van der Waals surface area (Å²) in [4.78, 5) is 13.5. The summed E-state index contributed by atoms with van der Waals surface area (Å²) in [5.41, 5.74) is 1.78. The summed E-state index contributed by atoms with van der Waals surface area (Å²) in [5, 5.41) is 8.85. The molecule has 2 N–H and O–H groups in total. The number of benzene rings is 2. The minimum absolute atomic E-state index is 0.0598. The monoisotopic (exact) mass is 402 g/mol. The van der Waals surface area contributed by atoms with E-state index >= 15 is 0 Å². The minimum atomic E-state index is -0.310. The number of nitrogens with one attached hydrogen (secondary N) is 2. The topological polar surface area (TPSA) is 41.1 Å². The number of carbonyl (C=O) groups is 1. The minimum Gasteiger partial charge on any atom is -0.343 e. The van der Waals surface area contributed by atoms with Crippen molar-refractivity contribution in [2.45, 2.75) is 19.0 Å². The summed E-state index contributed by atoms with van der Waals surface area (Å²) in [7, 11) is 0. The molecule has 1 amide bonds. The van der Waals surface area contributed by atoms with Crippen LogP contribution in [-0.4, -0.2) is 12.5 Å². The van der Waals surface area contributed by atoms with Gasteiger partial charge >= 0.3 is 0 Å². The van der Waals surface area contributed by atoms with Gasteiger partial charge in [0.2, 0.25) is 5.91 Å². The van der Waals surface area contributed by atoms with E-state index < -0.39 is 0 Å². The number of hydrogen-bond donors (Lipinski definition) is 2. The van der Waals surface area contributed by atoms with Gasteiger partial charge in [0.25, 0.3) is 0 Å². The van der Waals surface area contributed by atoms with Crippen molar-refractivity contribution in [1.29, 1.82) is 0 Å². The normalized spacial score (nSPS) is 13.1. The first-order chi connectivity index (χ1) is 13.0. The maximum Gasteiger partial charge on any atom is 0.234 e. The van der Waals surface area contributed by atoms with Gasteiger partial charge in [0.15, 0.2) is 0 Å². The summed E-state index contributed by atoms with van der Waals surface area (Å²) in [5.74, 6) is -0.443. The third kappa shape index (κ3) is 5.16. The number of amides is 1. The van der Waals surface area contributed by atoms with Crippen molar-refractivity contribution in [2.75, 3.05) is 6.54 Å². The summed E-state index contributed by atoms with van der Waals surface area (Å²) < 4.78 is 13.3. The number of hydrogen-bond acceptors (Lipinski definition) is 3. The second-order valence-corrected chi connectivity index (χ2v) is 7.58. The first-order valence-electron chi connectivity index (χ1n) is 8.60. The van der Waals surface area contributed by atoms with Gasteiger partial charge < -0.3 is 10.6 Å². The molecule has 2 aromatic carbocycles. The van der Waals surface area contributed by atoms with Gasteiger partial charge in [-0.25, -0.2) is 4.39 Å². The highest BCUT2D eigenvalue weighted by atomic mass is 35.5. The Bertz CT molecular complexity index is 883. The molecular weight excluding hydrogens is 383 g/mol. The maximum absolute atomic E-state index is 13.3. The fourth-order valence-corrected chi connectivity index (χ4v) is 3.93. The lowest BCUT2D eigenvalue weighted by Gasteiger charge is -2.20. The predicted octanol–water partition coefficient (Wildman–Crippen LogP) is 5.10. The van der Waals surface area contributed by atoms with Crippen molar-refractivity contribution in [3.8, 4) is 0 Å².